The van der Waals surface area contributed by atoms with E-state index in [4.69, 9.17) is 12.2 Å². The van der Waals surface area contributed by atoms with Gasteiger partial charge in [-0.15, -0.1) is 22.7 Å². The largest absolute Gasteiger partial charge is 0.480 e. The number of carbonyl (C=O) groups excluding carboxylic acids is 1. The van der Waals surface area contributed by atoms with E-state index in [0.717, 1.165) is 97.5 Å². The molecule has 4 aromatic carbocycles. The van der Waals surface area contributed by atoms with Crippen molar-refractivity contribution in [3.63, 3.8) is 0 Å². The lowest BCUT2D eigenvalue weighted by Gasteiger charge is -2.27. The van der Waals surface area contributed by atoms with Crippen LogP contribution in [0.2, 0.25) is 0 Å². The molecule has 1 amide bonds. The first-order valence-electron chi connectivity index (χ1n) is 20.0. The maximum Gasteiger partial charge on any atom is 0.323 e. The molecule has 302 valence electrons. The molecule has 0 spiro atoms. The third-order valence-corrected chi connectivity index (χ3v) is 15.4. The van der Waals surface area contributed by atoms with Gasteiger partial charge in [0.05, 0.1) is 4.53 Å². The summed E-state index contributed by atoms with van der Waals surface area (Å²) in [6.07, 6.45) is 7.30. The van der Waals surface area contributed by atoms with Crippen molar-refractivity contribution < 1.29 is 14.7 Å². The minimum Gasteiger partial charge on any atom is -0.480 e. The number of fused-ring (bicyclic) bond motifs is 3. The predicted molar refractivity (Wildman–Crippen MR) is 247 cm³/mol. The molecule has 1 saturated heterocycles. The standard InChI is InChI=1S/C47H40N4O5S4/c1-3-48-43(55)40(59-45(48)41-44(56)49(4-2)47(57)60-41)46-50(27-39(52)53)42(54)38(58-46)26-29-20-23-37-35(25-29)33-16-11-17-36(33)51(37)32-21-18-28(19-22-32)24-34(30-12-7-5-8-13-30)31-14-9-6-10-15-31/h5-10,12-15,18-26,33,36H,3-4,11,16-17,27H2,1-2H3,(H,52,53)/b38-26+,45-41-,46-40-. The molecular formula is C47H40N4O5S4. The van der Waals surface area contributed by atoms with E-state index in [2.05, 4.69) is 95.9 Å². The number of hydrogen-bond acceptors (Lipinski definition) is 9. The predicted octanol–water partition coefficient (Wildman–Crippen LogP) is 7.72. The van der Waals surface area contributed by atoms with Crippen molar-refractivity contribution in [1.82, 2.24) is 14.0 Å². The van der Waals surface area contributed by atoms with E-state index in [9.17, 15) is 24.3 Å². The van der Waals surface area contributed by atoms with Crippen LogP contribution in [-0.2, 0) is 22.7 Å². The molecule has 13 heteroatoms. The van der Waals surface area contributed by atoms with Crippen LogP contribution in [0.3, 0.4) is 0 Å². The molecule has 0 bridgehead atoms. The van der Waals surface area contributed by atoms with Crippen molar-refractivity contribution in [3.05, 3.63) is 170 Å². The van der Waals surface area contributed by atoms with Crippen LogP contribution in [0.5, 0.6) is 0 Å². The summed E-state index contributed by atoms with van der Waals surface area (Å²) in [5, 5.41) is 9.86. The smallest absolute Gasteiger partial charge is 0.323 e. The Hall–Kier alpha value is -5.60. The first-order valence-corrected chi connectivity index (χ1v) is 22.8. The Bertz CT molecular complexity index is 3040. The summed E-state index contributed by atoms with van der Waals surface area (Å²) in [4.78, 5) is 57.6. The Labute approximate surface area is 363 Å². The maximum absolute atomic E-state index is 14.0. The number of aromatic nitrogens is 2. The first-order chi connectivity index (χ1) is 29.1. The number of carboxylic acid groups (broad SMARTS) is 1. The number of rotatable bonds is 9. The fraction of sp³-hybridized carbons (Fsp3) is 0.213. The second-order valence-electron chi connectivity index (χ2n) is 14.9. The van der Waals surface area contributed by atoms with Crippen LogP contribution in [0.25, 0.3) is 22.6 Å². The van der Waals surface area contributed by atoms with Gasteiger partial charge in [-0.1, -0.05) is 109 Å². The molecule has 3 aliphatic rings. The van der Waals surface area contributed by atoms with E-state index < -0.39 is 18.1 Å². The number of anilines is 2. The van der Waals surface area contributed by atoms with Crippen LogP contribution in [0, 0.1) is 9.20 Å². The number of amides is 1. The second kappa shape index (κ2) is 16.5. The van der Waals surface area contributed by atoms with Crippen molar-refractivity contribution in [2.24, 2.45) is 0 Å². The molecule has 2 atom stereocenters. The fourth-order valence-corrected chi connectivity index (χ4v) is 12.7. The number of aliphatic carboxylic acids is 1. The first kappa shape index (κ1) is 39.8. The van der Waals surface area contributed by atoms with Crippen LogP contribution in [-0.4, -0.2) is 47.9 Å². The van der Waals surface area contributed by atoms with Gasteiger partial charge in [-0.2, -0.15) is 0 Å². The van der Waals surface area contributed by atoms with Crippen LogP contribution >= 0.6 is 46.7 Å². The van der Waals surface area contributed by atoms with Crippen LogP contribution in [0.15, 0.2) is 113 Å². The van der Waals surface area contributed by atoms with E-state index in [1.165, 1.54) is 15.0 Å². The Kier molecular flexibility index (Phi) is 10.9. The van der Waals surface area contributed by atoms with E-state index in [-0.39, 0.29) is 27.2 Å². The highest BCUT2D eigenvalue weighted by Gasteiger charge is 2.42. The number of thiocarbonyl (C=S) groups is 1. The van der Waals surface area contributed by atoms with E-state index >= 15 is 0 Å². The van der Waals surface area contributed by atoms with Gasteiger partial charge in [0.1, 0.15) is 29.6 Å². The molecule has 9 nitrogen and oxygen atoms in total. The molecule has 2 fully saturated rings. The Balaban J connectivity index is 1.11. The SMILES string of the molecule is CCN1C(=O)/C(=c2/s/c(=c3\s/c(=C/c4ccc5c(c4)C4CCCC4N5c4ccc(C=C(c5ccccc5)c5ccccc5)cc4)c(=O)n3CC(=O)O)c(=O)n2CC)SC1=S. The van der Waals surface area contributed by atoms with Gasteiger partial charge in [0, 0.05) is 36.4 Å². The topological polar surface area (TPSA) is 105 Å². The van der Waals surface area contributed by atoms with Gasteiger partial charge in [-0.3, -0.25) is 33.2 Å². The minimum atomic E-state index is -1.20. The molecule has 0 radical (unpaired) electrons. The van der Waals surface area contributed by atoms with E-state index in [1.807, 2.05) is 32.0 Å². The summed E-state index contributed by atoms with van der Waals surface area (Å²) in [6.45, 7) is 3.73. The summed E-state index contributed by atoms with van der Waals surface area (Å²) in [5.74, 6) is -1.13. The average Bonchev–Trinajstić information content (AvgIpc) is 4.06. The Morgan fingerprint density at radius 1 is 0.800 bits per heavy atom. The van der Waals surface area contributed by atoms with E-state index in [1.54, 1.807) is 6.08 Å². The lowest BCUT2D eigenvalue weighted by atomic mass is 9.95. The third kappa shape index (κ3) is 7.12. The number of thiazole rings is 2. The monoisotopic (exact) mass is 868 g/mol. The average molecular weight is 869 g/mol. The molecule has 2 unspecified atom stereocenters. The summed E-state index contributed by atoms with van der Waals surface area (Å²) in [5.41, 5.74) is 8.08. The van der Waals surface area contributed by atoms with Crippen LogP contribution < -0.4 is 25.2 Å². The van der Waals surface area contributed by atoms with Gasteiger partial charge in [0.25, 0.3) is 17.0 Å². The lowest BCUT2D eigenvalue weighted by molar-refractivity contribution is -0.137. The molecule has 4 heterocycles. The van der Waals surface area contributed by atoms with Crippen molar-refractivity contribution >= 4 is 96.9 Å². The second-order valence-corrected chi connectivity index (χ2v) is 18.6. The van der Waals surface area contributed by atoms with Gasteiger partial charge in [-0.05, 0) is 96.5 Å². The molecule has 60 heavy (non-hydrogen) atoms. The number of carbonyl (C=O) groups is 2. The summed E-state index contributed by atoms with van der Waals surface area (Å²) < 4.78 is 4.33. The molecule has 1 saturated carbocycles. The van der Waals surface area contributed by atoms with Gasteiger partial charge in [0.2, 0.25) is 0 Å². The number of benzene rings is 4. The summed E-state index contributed by atoms with van der Waals surface area (Å²) in [6, 6.07) is 36.3. The van der Waals surface area contributed by atoms with Gasteiger partial charge in [0.15, 0.2) is 0 Å². The lowest BCUT2D eigenvalue weighted by Crippen LogP contribution is -2.31. The quantitative estimate of drug-likeness (QED) is 0.117. The van der Waals surface area contributed by atoms with Crippen LogP contribution in [0.4, 0.5) is 11.4 Å². The highest BCUT2D eigenvalue weighted by Crippen LogP contribution is 2.52. The zero-order valence-corrected chi connectivity index (χ0v) is 36.1. The molecule has 9 rings (SSSR count). The van der Waals surface area contributed by atoms with Crippen LogP contribution in [0.1, 0.15) is 66.8 Å². The zero-order chi connectivity index (χ0) is 41.7. The summed E-state index contributed by atoms with van der Waals surface area (Å²) in [7, 11) is 0. The third-order valence-electron chi connectivity index (χ3n) is 11.4. The van der Waals surface area contributed by atoms with Crippen molar-refractivity contribution in [2.75, 3.05) is 11.4 Å². The van der Waals surface area contributed by atoms with Crippen molar-refractivity contribution in [2.45, 2.75) is 58.2 Å². The number of carboxylic acids is 1. The molecule has 2 aromatic heterocycles. The van der Waals surface area contributed by atoms with Gasteiger partial charge < -0.3 is 10.0 Å². The van der Waals surface area contributed by atoms with E-state index in [0.29, 0.717) is 36.9 Å². The maximum atomic E-state index is 14.0. The number of nitrogens with zero attached hydrogens (tertiary/aromatic N) is 4. The highest BCUT2D eigenvalue weighted by atomic mass is 32.2. The van der Waals surface area contributed by atoms with Gasteiger partial charge in [-0.25, -0.2) is 0 Å². The normalized spacial score (nSPS) is 18.9. The minimum absolute atomic E-state index is 0.216. The Morgan fingerprint density at radius 3 is 2.12 bits per heavy atom. The molecule has 2 aliphatic heterocycles. The number of thioether (sulfide) groups is 1. The summed E-state index contributed by atoms with van der Waals surface area (Å²) >= 11 is 8.78. The zero-order valence-electron chi connectivity index (χ0n) is 32.9. The highest BCUT2D eigenvalue weighted by molar-refractivity contribution is 8.30. The molecule has 6 aromatic rings. The fourth-order valence-electron chi connectivity index (χ4n) is 8.69. The molecule has 1 N–H and O–H groups in total. The molecular weight excluding hydrogens is 829 g/mol. The Morgan fingerprint density at radius 2 is 1.48 bits per heavy atom. The number of hydrogen-bond donors (Lipinski definition) is 1. The van der Waals surface area contributed by atoms with Gasteiger partial charge >= 0.3 is 5.97 Å². The van der Waals surface area contributed by atoms with Crippen molar-refractivity contribution in [3.8, 4) is 0 Å². The molecule has 1 aliphatic carbocycles. The van der Waals surface area contributed by atoms with Crippen molar-refractivity contribution in [1.29, 1.82) is 0 Å².